The zero-order chi connectivity index (χ0) is 13.4. The van der Waals surface area contributed by atoms with Gasteiger partial charge in [0.1, 0.15) is 0 Å². The van der Waals surface area contributed by atoms with Crippen molar-refractivity contribution >= 4 is 5.97 Å². The van der Waals surface area contributed by atoms with E-state index in [0.717, 1.165) is 0 Å². The largest absolute Gasteiger partial charge is 0.476 e. The van der Waals surface area contributed by atoms with Crippen molar-refractivity contribution in [2.75, 3.05) is 0 Å². The van der Waals surface area contributed by atoms with E-state index in [9.17, 15) is 31.1 Å². The first-order valence-electron chi connectivity index (χ1n) is 3.91. The summed E-state index contributed by atoms with van der Waals surface area (Å²) < 4.78 is 74.6. The maximum absolute atomic E-state index is 12.9. The second kappa shape index (κ2) is 3.90. The summed E-state index contributed by atoms with van der Waals surface area (Å²) in [4.78, 5) is 12.6. The molecule has 0 aliphatic heterocycles. The summed E-state index contributed by atoms with van der Waals surface area (Å²) in [7, 11) is 0. The Morgan fingerprint density at radius 2 is 1.76 bits per heavy atom. The van der Waals surface area contributed by atoms with E-state index in [4.69, 9.17) is 5.11 Å². The molecule has 1 rings (SSSR count). The molecule has 0 atom stereocenters. The number of hydrogen-bond donors (Lipinski definition) is 1. The van der Waals surface area contributed by atoms with Crippen LogP contribution in [0.25, 0.3) is 0 Å². The minimum absolute atomic E-state index is 0.0603. The Morgan fingerprint density at radius 1 is 1.24 bits per heavy atom. The molecule has 0 aliphatic rings. The molecular weight excluding hydrogens is 256 g/mol. The molecule has 0 aromatic carbocycles. The number of aliphatic carboxylic acids is 1. The molecule has 0 spiro atoms. The lowest BCUT2D eigenvalue weighted by Gasteiger charge is -2.12. The van der Waals surface area contributed by atoms with E-state index in [2.05, 4.69) is 4.98 Å². The van der Waals surface area contributed by atoms with Crippen molar-refractivity contribution in [1.82, 2.24) is 4.98 Å². The number of carboxylic acids is 1. The highest BCUT2D eigenvalue weighted by atomic mass is 19.4. The van der Waals surface area contributed by atoms with Gasteiger partial charge in [-0.3, -0.25) is 4.98 Å². The molecule has 9 heteroatoms. The molecule has 0 amide bonds. The minimum atomic E-state index is -4.95. The number of rotatable bonds is 2. The quantitative estimate of drug-likeness (QED) is 0.830. The van der Waals surface area contributed by atoms with Crippen LogP contribution in [0.5, 0.6) is 0 Å². The second-order valence-electron chi connectivity index (χ2n) is 2.93. The van der Waals surface area contributed by atoms with Gasteiger partial charge >= 0.3 is 18.1 Å². The zero-order valence-corrected chi connectivity index (χ0v) is 7.73. The summed E-state index contributed by atoms with van der Waals surface area (Å²) in [5.74, 6) is -9.43. The fraction of sp³-hybridized carbons (Fsp3) is 0.250. The van der Waals surface area contributed by atoms with Gasteiger partial charge < -0.3 is 5.11 Å². The fourth-order valence-electron chi connectivity index (χ4n) is 0.925. The molecular formula is C8H3F6NO2. The number of alkyl halides is 5. The van der Waals surface area contributed by atoms with Crippen LogP contribution < -0.4 is 0 Å². The molecule has 0 saturated carbocycles. The first-order chi connectivity index (χ1) is 7.56. The number of aromatic nitrogens is 1. The van der Waals surface area contributed by atoms with Gasteiger partial charge in [0.2, 0.25) is 0 Å². The maximum Gasteiger partial charge on any atom is 0.417 e. The Bertz CT molecular complexity index is 456. The maximum atomic E-state index is 12.9. The lowest BCUT2D eigenvalue weighted by Crippen LogP contribution is -2.28. The molecule has 0 unspecified atom stereocenters. The summed E-state index contributed by atoms with van der Waals surface area (Å²) in [6.07, 6.45) is -5.01. The Kier molecular flexibility index (Phi) is 3.04. The van der Waals surface area contributed by atoms with Crippen molar-refractivity contribution < 1.29 is 36.2 Å². The summed E-state index contributed by atoms with van der Waals surface area (Å²) in [6.45, 7) is 0. The number of carboxylic acid groups (broad SMARTS) is 1. The van der Waals surface area contributed by atoms with Crippen molar-refractivity contribution in [3.05, 3.63) is 29.3 Å². The smallest absolute Gasteiger partial charge is 0.417 e. The number of carbonyl (C=O) groups is 1. The predicted molar refractivity (Wildman–Crippen MR) is 40.7 cm³/mol. The van der Waals surface area contributed by atoms with Gasteiger partial charge in [-0.2, -0.15) is 22.0 Å². The molecule has 1 aromatic heterocycles. The Morgan fingerprint density at radius 3 is 2.12 bits per heavy atom. The van der Waals surface area contributed by atoms with Crippen molar-refractivity contribution in [3.63, 3.8) is 0 Å². The fourth-order valence-corrected chi connectivity index (χ4v) is 0.925. The van der Waals surface area contributed by atoms with Crippen LogP contribution in [0.3, 0.4) is 0 Å². The summed E-state index contributed by atoms with van der Waals surface area (Å²) in [5.41, 5.74) is -3.45. The van der Waals surface area contributed by atoms with Crippen LogP contribution in [0.1, 0.15) is 11.3 Å². The van der Waals surface area contributed by atoms with E-state index in [1.165, 1.54) is 0 Å². The van der Waals surface area contributed by atoms with Crippen molar-refractivity contribution in [2.45, 2.75) is 12.1 Å². The average molecular weight is 259 g/mol. The SMILES string of the molecule is O=C(O)C(F)(F)c1ncc(C(F)(F)F)cc1F. The monoisotopic (exact) mass is 259 g/mol. The minimum Gasteiger partial charge on any atom is -0.476 e. The van der Waals surface area contributed by atoms with Crippen LogP contribution in [-0.4, -0.2) is 16.1 Å². The standard InChI is InChI=1S/C8H3F6NO2/c9-4-1-3(8(12,13)14)2-15-5(4)7(10,11)6(16)17/h1-2H,(H,16,17). The van der Waals surface area contributed by atoms with Gasteiger partial charge in [-0.25, -0.2) is 9.18 Å². The molecule has 1 heterocycles. The van der Waals surface area contributed by atoms with Gasteiger partial charge in [0.05, 0.1) is 5.56 Å². The van der Waals surface area contributed by atoms with E-state index in [0.29, 0.717) is 0 Å². The topological polar surface area (TPSA) is 50.2 Å². The molecule has 0 radical (unpaired) electrons. The number of pyridine rings is 1. The van der Waals surface area contributed by atoms with E-state index in [-0.39, 0.29) is 12.3 Å². The van der Waals surface area contributed by atoms with E-state index < -0.39 is 35.1 Å². The normalized spacial score (nSPS) is 12.6. The highest BCUT2D eigenvalue weighted by molar-refractivity contribution is 5.76. The van der Waals surface area contributed by atoms with Crippen LogP contribution in [0.2, 0.25) is 0 Å². The first-order valence-corrected chi connectivity index (χ1v) is 3.91. The van der Waals surface area contributed by atoms with Gasteiger partial charge in [0.15, 0.2) is 11.5 Å². The van der Waals surface area contributed by atoms with Crippen molar-refractivity contribution in [2.24, 2.45) is 0 Å². The summed E-state index contributed by atoms with van der Waals surface area (Å²) >= 11 is 0. The van der Waals surface area contributed by atoms with Gasteiger partial charge in [-0.1, -0.05) is 0 Å². The van der Waals surface area contributed by atoms with Crippen molar-refractivity contribution in [1.29, 1.82) is 0 Å². The molecule has 94 valence electrons. The molecule has 3 nitrogen and oxygen atoms in total. The molecule has 1 N–H and O–H groups in total. The third kappa shape index (κ3) is 2.48. The van der Waals surface area contributed by atoms with Crippen molar-refractivity contribution in [3.8, 4) is 0 Å². The number of hydrogen-bond acceptors (Lipinski definition) is 2. The zero-order valence-electron chi connectivity index (χ0n) is 7.73. The third-order valence-electron chi connectivity index (χ3n) is 1.73. The molecule has 1 aromatic rings. The number of nitrogens with zero attached hydrogens (tertiary/aromatic N) is 1. The van der Waals surface area contributed by atoms with Crippen LogP contribution in [-0.2, 0) is 16.9 Å². The van der Waals surface area contributed by atoms with Crippen LogP contribution >= 0.6 is 0 Å². The Balaban J connectivity index is 3.29. The molecule has 0 bridgehead atoms. The Hall–Kier alpha value is -1.80. The van der Waals surface area contributed by atoms with Gasteiger partial charge in [-0.05, 0) is 6.07 Å². The predicted octanol–water partition coefficient (Wildman–Crippen LogP) is 2.42. The van der Waals surface area contributed by atoms with Gasteiger partial charge in [-0.15, -0.1) is 0 Å². The molecule has 0 aliphatic carbocycles. The second-order valence-corrected chi connectivity index (χ2v) is 2.93. The van der Waals surface area contributed by atoms with Crippen LogP contribution in [0.15, 0.2) is 12.3 Å². The molecule has 0 fully saturated rings. The summed E-state index contributed by atoms with van der Waals surface area (Å²) in [5, 5.41) is 8.07. The highest BCUT2D eigenvalue weighted by Gasteiger charge is 2.46. The number of halogens is 6. The Labute approximate surface area is 89.7 Å². The molecule has 17 heavy (non-hydrogen) atoms. The van der Waals surface area contributed by atoms with Gasteiger partial charge in [0, 0.05) is 6.20 Å². The first kappa shape index (κ1) is 13.3. The van der Waals surface area contributed by atoms with Crippen LogP contribution in [0.4, 0.5) is 26.3 Å². The van der Waals surface area contributed by atoms with E-state index in [1.54, 1.807) is 0 Å². The lowest BCUT2D eigenvalue weighted by molar-refractivity contribution is -0.167. The van der Waals surface area contributed by atoms with Crippen LogP contribution in [0, 0.1) is 5.82 Å². The highest BCUT2D eigenvalue weighted by Crippen LogP contribution is 2.33. The van der Waals surface area contributed by atoms with E-state index >= 15 is 0 Å². The average Bonchev–Trinajstić information content (AvgIpc) is 2.15. The third-order valence-corrected chi connectivity index (χ3v) is 1.73. The van der Waals surface area contributed by atoms with E-state index in [1.807, 2.05) is 0 Å². The van der Waals surface area contributed by atoms with Gasteiger partial charge in [0.25, 0.3) is 0 Å². The molecule has 0 saturated heterocycles. The summed E-state index contributed by atoms with van der Waals surface area (Å²) in [6, 6.07) is -0.237. The lowest BCUT2D eigenvalue weighted by atomic mass is 10.1.